The van der Waals surface area contributed by atoms with Crippen LogP contribution in [0.5, 0.6) is 0 Å². The number of nitrogens with one attached hydrogen (secondary N) is 1. The number of rotatable bonds is 7. The van der Waals surface area contributed by atoms with Crippen LogP contribution in [-0.2, 0) is 17.9 Å². The molecular weight excluding hydrogens is 450 g/mol. The summed E-state index contributed by atoms with van der Waals surface area (Å²) in [5.74, 6) is 0.884. The van der Waals surface area contributed by atoms with Gasteiger partial charge >= 0.3 is 0 Å². The monoisotopic (exact) mass is 481 g/mol. The summed E-state index contributed by atoms with van der Waals surface area (Å²) < 4.78 is 1.97. The van der Waals surface area contributed by atoms with Crippen LogP contribution in [0.25, 0.3) is 16.9 Å². The van der Waals surface area contributed by atoms with Gasteiger partial charge < -0.3 is 10.2 Å². The third kappa shape index (κ3) is 5.44. The molecule has 0 unspecified atom stereocenters. The number of amides is 1. The third-order valence-electron chi connectivity index (χ3n) is 6.53. The van der Waals surface area contributed by atoms with Gasteiger partial charge in [0, 0.05) is 75.9 Å². The number of carbonyl (C=O) groups excluding carboxylic acids is 1. The van der Waals surface area contributed by atoms with Crippen LogP contribution in [0.15, 0.2) is 73.2 Å². The topological polar surface area (TPSA) is 79.2 Å². The van der Waals surface area contributed by atoms with Crippen LogP contribution in [-0.4, -0.2) is 56.7 Å². The Morgan fingerprint density at radius 3 is 2.39 bits per heavy atom. The molecule has 1 fully saturated rings. The van der Waals surface area contributed by atoms with Crippen molar-refractivity contribution < 1.29 is 4.79 Å². The molecule has 8 heteroatoms. The number of aryl methyl sites for hydroxylation is 1. The van der Waals surface area contributed by atoms with Crippen molar-refractivity contribution in [1.29, 1.82) is 0 Å². The minimum Gasteiger partial charge on any atom is -0.352 e. The highest BCUT2D eigenvalue weighted by Crippen LogP contribution is 2.28. The SMILES string of the molecule is CC(=O)NCc1ccc(-c2nccnc2N2CCN(Cc3cn(-c4ccccc4)nc3C)CC2)cc1. The summed E-state index contributed by atoms with van der Waals surface area (Å²) in [5, 5.41) is 7.55. The Labute approximate surface area is 211 Å². The summed E-state index contributed by atoms with van der Waals surface area (Å²) in [4.78, 5) is 25.3. The van der Waals surface area contributed by atoms with Gasteiger partial charge in [0.25, 0.3) is 0 Å². The number of anilines is 1. The van der Waals surface area contributed by atoms with Crippen molar-refractivity contribution in [3.63, 3.8) is 0 Å². The van der Waals surface area contributed by atoms with E-state index in [0.717, 1.165) is 66.7 Å². The van der Waals surface area contributed by atoms with Crippen molar-refractivity contribution in [1.82, 2.24) is 30.0 Å². The van der Waals surface area contributed by atoms with Crippen LogP contribution in [0.4, 0.5) is 5.82 Å². The molecule has 2 aromatic heterocycles. The fraction of sp³-hybridized carbons (Fsp3) is 0.286. The third-order valence-corrected chi connectivity index (χ3v) is 6.53. The molecule has 0 aliphatic carbocycles. The summed E-state index contributed by atoms with van der Waals surface area (Å²) in [5.41, 5.74) is 6.37. The van der Waals surface area contributed by atoms with Crippen molar-refractivity contribution in [2.24, 2.45) is 0 Å². The van der Waals surface area contributed by atoms with E-state index in [1.54, 1.807) is 12.4 Å². The van der Waals surface area contributed by atoms with Gasteiger partial charge in [-0.25, -0.2) is 9.67 Å². The van der Waals surface area contributed by atoms with Gasteiger partial charge in [0.15, 0.2) is 5.82 Å². The van der Waals surface area contributed by atoms with Crippen LogP contribution in [0.2, 0.25) is 0 Å². The van der Waals surface area contributed by atoms with E-state index in [-0.39, 0.29) is 5.91 Å². The summed E-state index contributed by atoms with van der Waals surface area (Å²) >= 11 is 0. The number of aromatic nitrogens is 4. The van der Waals surface area contributed by atoms with E-state index in [2.05, 4.69) is 45.4 Å². The van der Waals surface area contributed by atoms with Crippen LogP contribution in [0.1, 0.15) is 23.7 Å². The Kier molecular flexibility index (Phi) is 7.04. The van der Waals surface area contributed by atoms with Gasteiger partial charge in [0.05, 0.1) is 11.4 Å². The van der Waals surface area contributed by atoms with Crippen molar-refractivity contribution in [2.75, 3.05) is 31.1 Å². The Balaban J connectivity index is 1.24. The van der Waals surface area contributed by atoms with Gasteiger partial charge in [-0.15, -0.1) is 0 Å². The molecule has 1 aliphatic heterocycles. The lowest BCUT2D eigenvalue weighted by molar-refractivity contribution is -0.119. The minimum absolute atomic E-state index is 0.0328. The average Bonchev–Trinajstić information content (AvgIpc) is 3.28. The zero-order valence-corrected chi connectivity index (χ0v) is 20.8. The van der Waals surface area contributed by atoms with Gasteiger partial charge in [-0.05, 0) is 24.6 Å². The van der Waals surface area contributed by atoms with E-state index >= 15 is 0 Å². The second-order valence-electron chi connectivity index (χ2n) is 9.12. The maximum absolute atomic E-state index is 11.2. The number of nitrogens with zero attached hydrogens (tertiary/aromatic N) is 6. The van der Waals surface area contributed by atoms with E-state index in [4.69, 9.17) is 10.1 Å². The number of carbonyl (C=O) groups is 1. The first kappa shape index (κ1) is 23.7. The number of para-hydroxylation sites is 1. The summed E-state index contributed by atoms with van der Waals surface area (Å²) in [6.45, 7) is 8.68. The maximum atomic E-state index is 11.2. The first-order valence-corrected chi connectivity index (χ1v) is 12.3. The Morgan fingerprint density at radius 2 is 1.67 bits per heavy atom. The normalized spacial score (nSPS) is 14.1. The molecule has 2 aromatic carbocycles. The summed E-state index contributed by atoms with van der Waals surface area (Å²) in [6, 6.07) is 18.4. The molecule has 0 atom stereocenters. The Morgan fingerprint density at radius 1 is 0.944 bits per heavy atom. The van der Waals surface area contributed by atoms with Crippen LogP contribution < -0.4 is 10.2 Å². The fourth-order valence-electron chi connectivity index (χ4n) is 4.50. The van der Waals surface area contributed by atoms with Gasteiger partial charge in [-0.2, -0.15) is 5.10 Å². The van der Waals surface area contributed by atoms with Crippen LogP contribution >= 0.6 is 0 Å². The fourth-order valence-corrected chi connectivity index (χ4v) is 4.50. The minimum atomic E-state index is -0.0328. The maximum Gasteiger partial charge on any atom is 0.217 e. The first-order valence-electron chi connectivity index (χ1n) is 12.3. The molecular formula is C28H31N7O. The van der Waals surface area contributed by atoms with Crippen LogP contribution in [0, 0.1) is 6.92 Å². The van der Waals surface area contributed by atoms with Crippen molar-refractivity contribution in [3.8, 4) is 16.9 Å². The zero-order chi connectivity index (χ0) is 24.9. The molecule has 184 valence electrons. The van der Waals surface area contributed by atoms with Gasteiger partial charge in [0.1, 0.15) is 5.69 Å². The van der Waals surface area contributed by atoms with E-state index in [1.165, 1.54) is 12.5 Å². The second-order valence-corrected chi connectivity index (χ2v) is 9.12. The molecule has 0 saturated carbocycles. The molecule has 1 saturated heterocycles. The average molecular weight is 482 g/mol. The van der Waals surface area contributed by atoms with E-state index in [9.17, 15) is 4.79 Å². The molecule has 1 amide bonds. The standard InChI is InChI=1S/C28H31N7O/c1-21-25(20-35(32-21)26-6-4-3-5-7-26)19-33-14-16-34(17-15-33)28-27(29-12-13-30-28)24-10-8-23(9-11-24)18-31-22(2)36/h3-13,20H,14-19H2,1-2H3,(H,31,36). The molecule has 5 rings (SSSR count). The Bertz CT molecular complexity index is 1310. The highest BCUT2D eigenvalue weighted by Gasteiger charge is 2.22. The number of hydrogen-bond acceptors (Lipinski definition) is 6. The van der Waals surface area contributed by atoms with Crippen molar-refractivity contribution in [3.05, 3.63) is 90.0 Å². The zero-order valence-electron chi connectivity index (χ0n) is 20.8. The number of piperazine rings is 1. The van der Waals surface area contributed by atoms with Crippen molar-refractivity contribution >= 4 is 11.7 Å². The summed E-state index contributed by atoms with van der Waals surface area (Å²) in [7, 11) is 0. The number of benzene rings is 2. The molecule has 1 aliphatic rings. The highest BCUT2D eigenvalue weighted by molar-refractivity contribution is 5.73. The smallest absolute Gasteiger partial charge is 0.217 e. The van der Waals surface area contributed by atoms with Gasteiger partial charge in [0.2, 0.25) is 5.91 Å². The predicted octanol–water partition coefficient (Wildman–Crippen LogP) is 3.60. The molecule has 36 heavy (non-hydrogen) atoms. The molecule has 1 N–H and O–H groups in total. The van der Waals surface area contributed by atoms with Crippen LogP contribution in [0.3, 0.4) is 0 Å². The quantitative estimate of drug-likeness (QED) is 0.435. The van der Waals surface area contributed by atoms with Crippen molar-refractivity contribution in [2.45, 2.75) is 26.9 Å². The predicted molar refractivity (Wildman–Crippen MR) is 141 cm³/mol. The molecule has 8 nitrogen and oxygen atoms in total. The molecule has 0 bridgehead atoms. The van der Waals surface area contributed by atoms with Gasteiger partial charge in [-0.1, -0.05) is 42.5 Å². The summed E-state index contributed by atoms with van der Waals surface area (Å²) in [6.07, 6.45) is 5.65. The highest BCUT2D eigenvalue weighted by atomic mass is 16.1. The lowest BCUT2D eigenvalue weighted by Gasteiger charge is -2.35. The Hall–Kier alpha value is -4.04. The molecule has 3 heterocycles. The molecule has 0 radical (unpaired) electrons. The molecule has 0 spiro atoms. The van der Waals surface area contributed by atoms with E-state index in [0.29, 0.717) is 6.54 Å². The first-order chi connectivity index (χ1) is 17.6. The lowest BCUT2D eigenvalue weighted by Crippen LogP contribution is -2.46. The van der Waals surface area contributed by atoms with E-state index in [1.807, 2.05) is 47.1 Å². The largest absolute Gasteiger partial charge is 0.352 e. The van der Waals surface area contributed by atoms with Gasteiger partial charge in [-0.3, -0.25) is 14.7 Å². The number of hydrogen-bond donors (Lipinski definition) is 1. The van der Waals surface area contributed by atoms with E-state index < -0.39 is 0 Å². The second kappa shape index (κ2) is 10.7. The molecule has 4 aromatic rings. The lowest BCUT2D eigenvalue weighted by atomic mass is 10.1.